The largest absolute Gasteiger partial charge is 0.456 e. The van der Waals surface area contributed by atoms with Gasteiger partial charge in [-0.1, -0.05) is 109 Å². The summed E-state index contributed by atoms with van der Waals surface area (Å²) in [7, 11) is 0. The van der Waals surface area contributed by atoms with Crippen LogP contribution in [0.2, 0.25) is 0 Å². The standard InChI is InChI=1S/C36H22O2/c1-2-10-23(11-3-1)26-14-4-5-15-27(26)24-12-8-13-25(20-24)28-17-9-18-30-32-21-31-29-16-6-7-19-33(29)37-34(31)22-35(32)38-36(28)30/h1-22H. The number of fused-ring (bicyclic) bond motifs is 6. The molecule has 178 valence electrons. The molecule has 8 aromatic rings. The van der Waals surface area contributed by atoms with Gasteiger partial charge >= 0.3 is 0 Å². The van der Waals surface area contributed by atoms with E-state index in [-0.39, 0.29) is 0 Å². The molecule has 0 saturated carbocycles. The van der Waals surface area contributed by atoms with Gasteiger partial charge in [-0.3, -0.25) is 0 Å². The molecule has 0 N–H and O–H groups in total. The fourth-order valence-electron chi connectivity index (χ4n) is 5.70. The molecule has 0 aliphatic rings. The number of furan rings is 2. The van der Waals surface area contributed by atoms with Crippen LogP contribution in [0.5, 0.6) is 0 Å². The van der Waals surface area contributed by atoms with Crippen molar-refractivity contribution in [2.24, 2.45) is 0 Å². The lowest BCUT2D eigenvalue weighted by Crippen LogP contribution is -1.86. The van der Waals surface area contributed by atoms with Gasteiger partial charge in [-0.25, -0.2) is 0 Å². The van der Waals surface area contributed by atoms with E-state index in [2.05, 4.69) is 115 Å². The Morgan fingerprint density at radius 2 is 0.895 bits per heavy atom. The molecule has 0 bridgehead atoms. The molecule has 8 rings (SSSR count). The van der Waals surface area contributed by atoms with E-state index in [1.54, 1.807) is 0 Å². The SMILES string of the molecule is c1ccc(-c2ccccc2-c2cccc(-c3cccc4c3oc3cc5oc6ccccc6c5cc34)c2)cc1. The van der Waals surface area contributed by atoms with Crippen molar-refractivity contribution >= 4 is 43.9 Å². The molecule has 0 aliphatic carbocycles. The van der Waals surface area contributed by atoms with Gasteiger partial charge in [-0.05, 0) is 46.0 Å². The van der Waals surface area contributed by atoms with Crippen molar-refractivity contribution in [2.75, 3.05) is 0 Å². The first kappa shape index (κ1) is 21.0. The van der Waals surface area contributed by atoms with Crippen LogP contribution >= 0.6 is 0 Å². The second-order valence-corrected chi connectivity index (χ2v) is 9.72. The van der Waals surface area contributed by atoms with Crippen molar-refractivity contribution in [3.05, 3.63) is 133 Å². The zero-order chi connectivity index (χ0) is 25.1. The zero-order valence-electron chi connectivity index (χ0n) is 20.5. The van der Waals surface area contributed by atoms with E-state index in [0.29, 0.717) is 0 Å². The van der Waals surface area contributed by atoms with Crippen LogP contribution in [0.15, 0.2) is 142 Å². The van der Waals surface area contributed by atoms with Crippen molar-refractivity contribution in [3.63, 3.8) is 0 Å². The van der Waals surface area contributed by atoms with E-state index >= 15 is 0 Å². The Labute approximate surface area is 219 Å². The van der Waals surface area contributed by atoms with Gasteiger partial charge in [0.2, 0.25) is 0 Å². The van der Waals surface area contributed by atoms with E-state index < -0.39 is 0 Å². The Balaban J connectivity index is 1.31. The van der Waals surface area contributed by atoms with Crippen LogP contribution in [0.25, 0.3) is 77.3 Å². The Morgan fingerprint density at radius 1 is 0.316 bits per heavy atom. The lowest BCUT2D eigenvalue weighted by atomic mass is 9.92. The van der Waals surface area contributed by atoms with Crippen molar-refractivity contribution in [3.8, 4) is 33.4 Å². The summed E-state index contributed by atoms with van der Waals surface area (Å²) < 4.78 is 12.6. The summed E-state index contributed by atoms with van der Waals surface area (Å²) in [6.07, 6.45) is 0. The molecule has 0 unspecified atom stereocenters. The van der Waals surface area contributed by atoms with Crippen LogP contribution in [-0.2, 0) is 0 Å². The molecule has 2 heterocycles. The molecule has 2 heteroatoms. The second-order valence-electron chi connectivity index (χ2n) is 9.72. The topological polar surface area (TPSA) is 26.3 Å². The lowest BCUT2D eigenvalue weighted by Gasteiger charge is -2.12. The third-order valence-corrected chi connectivity index (χ3v) is 7.49. The van der Waals surface area contributed by atoms with Gasteiger partial charge in [0, 0.05) is 33.2 Å². The van der Waals surface area contributed by atoms with E-state index in [9.17, 15) is 0 Å². The Hall–Kier alpha value is -5.08. The summed E-state index contributed by atoms with van der Waals surface area (Å²) in [6.45, 7) is 0. The summed E-state index contributed by atoms with van der Waals surface area (Å²) in [5, 5.41) is 4.45. The molecule has 0 atom stereocenters. The minimum atomic E-state index is 0.838. The maximum absolute atomic E-state index is 6.52. The van der Waals surface area contributed by atoms with Gasteiger partial charge in [0.1, 0.15) is 22.3 Å². The molecule has 0 amide bonds. The molecule has 2 nitrogen and oxygen atoms in total. The fraction of sp³-hybridized carbons (Fsp3) is 0. The molecule has 0 aliphatic heterocycles. The van der Waals surface area contributed by atoms with Gasteiger partial charge in [-0.15, -0.1) is 0 Å². The number of hydrogen-bond acceptors (Lipinski definition) is 2. The normalized spacial score (nSPS) is 11.7. The third-order valence-electron chi connectivity index (χ3n) is 7.49. The molecule has 0 saturated heterocycles. The van der Waals surface area contributed by atoms with Crippen LogP contribution in [0.1, 0.15) is 0 Å². The Bertz CT molecular complexity index is 2130. The van der Waals surface area contributed by atoms with Crippen LogP contribution in [0, 0.1) is 0 Å². The maximum Gasteiger partial charge on any atom is 0.143 e. The van der Waals surface area contributed by atoms with Crippen LogP contribution in [-0.4, -0.2) is 0 Å². The summed E-state index contributed by atoms with van der Waals surface area (Å²) in [6, 6.07) is 46.7. The van der Waals surface area contributed by atoms with Gasteiger partial charge in [-0.2, -0.15) is 0 Å². The second kappa shape index (κ2) is 8.22. The monoisotopic (exact) mass is 486 g/mol. The van der Waals surface area contributed by atoms with Crippen molar-refractivity contribution in [1.82, 2.24) is 0 Å². The number of rotatable bonds is 3. The van der Waals surface area contributed by atoms with Gasteiger partial charge in [0.05, 0.1) is 0 Å². The predicted molar refractivity (Wildman–Crippen MR) is 157 cm³/mol. The predicted octanol–water partition coefficient (Wildman–Crippen LogP) is 10.5. The molecule has 0 radical (unpaired) electrons. The minimum absolute atomic E-state index is 0.838. The molecular formula is C36H22O2. The van der Waals surface area contributed by atoms with Crippen molar-refractivity contribution in [1.29, 1.82) is 0 Å². The van der Waals surface area contributed by atoms with Crippen molar-refractivity contribution < 1.29 is 8.83 Å². The molecule has 38 heavy (non-hydrogen) atoms. The zero-order valence-corrected chi connectivity index (χ0v) is 20.5. The highest BCUT2D eigenvalue weighted by Crippen LogP contribution is 2.41. The minimum Gasteiger partial charge on any atom is -0.456 e. The lowest BCUT2D eigenvalue weighted by molar-refractivity contribution is 0.656. The number of hydrogen-bond donors (Lipinski definition) is 0. The molecule has 0 spiro atoms. The van der Waals surface area contributed by atoms with Crippen LogP contribution < -0.4 is 0 Å². The van der Waals surface area contributed by atoms with Gasteiger partial charge < -0.3 is 8.83 Å². The third kappa shape index (κ3) is 3.21. The van der Waals surface area contributed by atoms with E-state index in [1.165, 1.54) is 22.3 Å². The molecule has 0 fully saturated rings. The highest BCUT2D eigenvalue weighted by molar-refractivity contribution is 6.16. The quantitative estimate of drug-likeness (QED) is 0.248. The average Bonchev–Trinajstić information content (AvgIpc) is 3.54. The van der Waals surface area contributed by atoms with Crippen LogP contribution in [0.3, 0.4) is 0 Å². The summed E-state index contributed by atoms with van der Waals surface area (Å²) >= 11 is 0. The summed E-state index contributed by atoms with van der Waals surface area (Å²) in [5.74, 6) is 0. The first-order valence-corrected chi connectivity index (χ1v) is 12.9. The van der Waals surface area contributed by atoms with E-state index in [4.69, 9.17) is 8.83 Å². The Morgan fingerprint density at radius 3 is 1.76 bits per heavy atom. The molecule has 6 aromatic carbocycles. The van der Waals surface area contributed by atoms with Crippen LogP contribution in [0.4, 0.5) is 0 Å². The number of benzene rings is 6. The molecular weight excluding hydrogens is 464 g/mol. The van der Waals surface area contributed by atoms with E-state index in [0.717, 1.165) is 55.0 Å². The smallest absolute Gasteiger partial charge is 0.143 e. The van der Waals surface area contributed by atoms with E-state index in [1.807, 2.05) is 18.2 Å². The Kier molecular flexibility index (Phi) is 4.55. The van der Waals surface area contributed by atoms with Crippen molar-refractivity contribution in [2.45, 2.75) is 0 Å². The van der Waals surface area contributed by atoms with Gasteiger partial charge in [0.25, 0.3) is 0 Å². The number of para-hydroxylation sites is 2. The maximum atomic E-state index is 6.52. The molecule has 2 aromatic heterocycles. The summed E-state index contributed by atoms with van der Waals surface area (Å²) in [4.78, 5) is 0. The average molecular weight is 487 g/mol. The first-order valence-electron chi connectivity index (χ1n) is 12.9. The van der Waals surface area contributed by atoms with Gasteiger partial charge in [0.15, 0.2) is 0 Å². The highest BCUT2D eigenvalue weighted by Gasteiger charge is 2.16. The summed E-state index contributed by atoms with van der Waals surface area (Å²) in [5.41, 5.74) is 10.5. The fourth-order valence-corrected chi connectivity index (χ4v) is 5.70. The first-order chi connectivity index (χ1) is 18.8. The highest BCUT2D eigenvalue weighted by atomic mass is 16.3.